The Bertz CT molecular complexity index is 384. The van der Waals surface area contributed by atoms with Gasteiger partial charge in [0.2, 0.25) is 0 Å². The first kappa shape index (κ1) is 12.7. The van der Waals surface area contributed by atoms with Crippen molar-refractivity contribution in [1.82, 2.24) is 14.8 Å². The minimum absolute atomic E-state index is 0.288. The molecule has 0 saturated carbocycles. The number of aryl methyl sites for hydroxylation is 3. The van der Waals surface area contributed by atoms with Gasteiger partial charge in [0.25, 0.3) is 0 Å². The quantitative estimate of drug-likeness (QED) is 0.765. The molecular formula is C12H20N4. The first-order valence-corrected chi connectivity index (χ1v) is 5.86. The first-order chi connectivity index (χ1) is 7.52. The van der Waals surface area contributed by atoms with E-state index in [0.717, 1.165) is 37.5 Å². The second-order valence-electron chi connectivity index (χ2n) is 4.62. The standard InChI is InChI=1S/C12H20N4/c1-5-10-14-11(6-2)16(15-10)8-7-12(3,4)9-13/h5-8H2,1-4H3. The van der Waals surface area contributed by atoms with Gasteiger partial charge in [0.1, 0.15) is 5.82 Å². The summed E-state index contributed by atoms with van der Waals surface area (Å²) in [6.45, 7) is 8.82. The molecule has 0 fully saturated rings. The summed E-state index contributed by atoms with van der Waals surface area (Å²) in [7, 11) is 0. The van der Waals surface area contributed by atoms with Gasteiger partial charge in [0.05, 0.1) is 11.5 Å². The van der Waals surface area contributed by atoms with Gasteiger partial charge in [-0.25, -0.2) is 9.67 Å². The van der Waals surface area contributed by atoms with Gasteiger partial charge >= 0.3 is 0 Å². The van der Waals surface area contributed by atoms with E-state index in [4.69, 9.17) is 5.26 Å². The van der Waals surface area contributed by atoms with Crippen LogP contribution in [0.15, 0.2) is 0 Å². The van der Waals surface area contributed by atoms with Crippen molar-refractivity contribution < 1.29 is 0 Å². The molecule has 88 valence electrons. The van der Waals surface area contributed by atoms with E-state index in [1.54, 1.807) is 0 Å². The highest BCUT2D eigenvalue weighted by Crippen LogP contribution is 2.19. The van der Waals surface area contributed by atoms with Crippen LogP contribution in [0.5, 0.6) is 0 Å². The van der Waals surface area contributed by atoms with Crippen molar-refractivity contribution in [3.63, 3.8) is 0 Å². The lowest BCUT2D eigenvalue weighted by Gasteiger charge is -2.14. The van der Waals surface area contributed by atoms with Crippen molar-refractivity contribution in [3.8, 4) is 6.07 Å². The van der Waals surface area contributed by atoms with Gasteiger partial charge in [-0.3, -0.25) is 0 Å². The fraction of sp³-hybridized carbons (Fsp3) is 0.750. The molecule has 4 heteroatoms. The van der Waals surface area contributed by atoms with Gasteiger partial charge in [-0.15, -0.1) is 0 Å². The largest absolute Gasteiger partial charge is 0.250 e. The van der Waals surface area contributed by atoms with Crippen molar-refractivity contribution >= 4 is 0 Å². The minimum atomic E-state index is -0.288. The third-order valence-corrected chi connectivity index (χ3v) is 2.68. The predicted molar refractivity (Wildman–Crippen MR) is 62.8 cm³/mol. The van der Waals surface area contributed by atoms with E-state index in [1.165, 1.54) is 0 Å². The van der Waals surface area contributed by atoms with E-state index >= 15 is 0 Å². The van der Waals surface area contributed by atoms with E-state index in [1.807, 2.05) is 18.5 Å². The van der Waals surface area contributed by atoms with Crippen LogP contribution in [-0.4, -0.2) is 14.8 Å². The zero-order chi connectivity index (χ0) is 12.2. The molecule has 1 rings (SSSR count). The van der Waals surface area contributed by atoms with Crippen molar-refractivity contribution in [1.29, 1.82) is 5.26 Å². The molecule has 4 nitrogen and oxygen atoms in total. The minimum Gasteiger partial charge on any atom is -0.250 e. The summed E-state index contributed by atoms with van der Waals surface area (Å²) in [5.41, 5.74) is -0.288. The number of hydrogen-bond acceptors (Lipinski definition) is 3. The molecule has 0 aliphatic heterocycles. The van der Waals surface area contributed by atoms with Crippen molar-refractivity contribution in [2.24, 2.45) is 5.41 Å². The van der Waals surface area contributed by atoms with Crippen LogP contribution in [0.25, 0.3) is 0 Å². The van der Waals surface area contributed by atoms with Gasteiger partial charge in [0.15, 0.2) is 5.82 Å². The van der Waals surface area contributed by atoms with Crippen LogP contribution in [-0.2, 0) is 19.4 Å². The van der Waals surface area contributed by atoms with Crippen LogP contribution in [0.2, 0.25) is 0 Å². The normalized spacial score (nSPS) is 11.4. The zero-order valence-electron chi connectivity index (χ0n) is 10.6. The molecule has 0 atom stereocenters. The number of nitrogens with zero attached hydrogens (tertiary/aromatic N) is 4. The van der Waals surface area contributed by atoms with E-state index in [-0.39, 0.29) is 5.41 Å². The Kier molecular flexibility index (Phi) is 4.05. The van der Waals surface area contributed by atoms with Crippen molar-refractivity contribution in [2.75, 3.05) is 0 Å². The highest BCUT2D eigenvalue weighted by Gasteiger charge is 2.17. The average Bonchev–Trinajstić information content (AvgIpc) is 2.69. The topological polar surface area (TPSA) is 54.5 Å². The van der Waals surface area contributed by atoms with Gasteiger partial charge in [-0.2, -0.15) is 10.4 Å². The summed E-state index contributed by atoms with van der Waals surface area (Å²) in [4.78, 5) is 4.44. The zero-order valence-corrected chi connectivity index (χ0v) is 10.6. The van der Waals surface area contributed by atoms with Crippen LogP contribution in [0, 0.1) is 16.7 Å². The Morgan fingerprint density at radius 2 is 2.00 bits per heavy atom. The SMILES string of the molecule is CCc1nc(CC)n(CCC(C)(C)C#N)n1. The summed E-state index contributed by atoms with van der Waals surface area (Å²) in [6.07, 6.45) is 2.56. The summed E-state index contributed by atoms with van der Waals surface area (Å²) in [5.74, 6) is 1.91. The van der Waals surface area contributed by atoms with Crippen LogP contribution < -0.4 is 0 Å². The maximum absolute atomic E-state index is 8.95. The van der Waals surface area contributed by atoms with Gasteiger partial charge < -0.3 is 0 Å². The van der Waals surface area contributed by atoms with Gasteiger partial charge in [-0.1, -0.05) is 13.8 Å². The fourth-order valence-corrected chi connectivity index (χ4v) is 1.46. The molecule has 0 spiro atoms. The highest BCUT2D eigenvalue weighted by molar-refractivity contribution is 4.95. The van der Waals surface area contributed by atoms with E-state index in [2.05, 4.69) is 30.0 Å². The monoisotopic (exact) mass is 220 g/mol. The van der Waals surface area contributed by atoms with E-state index < -0.39 is 0 Å². The third kappa shape index (κ3) is 3.06. The predicted octanol–water partition coefficient (Wildman–Crippen LogP) is 2.34. The lowest BCUT2D eigenvalue weighted by atomic mass is 9.91. The van der Waals surface area contributed by atoms with Crippen LogP contribution in [0.1, 0.15) is 45.8 Å². The molecule has 0 bridgehead atoms. The van der Waals surface area contributed by atoms with Gasteiger partial charge in [-0.05, 0) is 20.3 Å². The fourth-order valence-electron chi connectivity index (χ4n) is 1.46. The molecule has 0 radical (unpaired) electrons. The molecule has 0 aliphatic rings. The Labute approximate surface area is 97.3 Å². The lowest BCUT2D eigenvalue weighted by molar-refractivity contribution is 0.392. The van der Waals surface area contributed by atoms with Crippen LogP contribution in [0.3, 0.4) is 0 Å². The maximum atomic E-state index is 8.95. The Morgan fingerprint density at radius 1 is 1.31 bits per heavy atom. The number of nitriles is 1. The van der Waals surface area contributed by atoms with E-state index in [9.17, 15) is 0 Å². The van der Waals surface area contributed by atoms with Crippen LogP contribution >= 0.6 is 0 Å². The third-order valence-electron chi connectivity index (χ3n) is 2.68. The number of hydrogen-bond donors (Lipinski definition) is 0. The molecule has 1 aromatic heterocycles. The second-order valence-corrected chi connectivity index (χ2v) is 4.62. The molecule has 0 unspecified atom stereocenters. The van der Waals surface area contributed by atoms with Crippen molar-refractivity contribution in [2.45, 2.75) is 53.5 Å². The van der Waals surface area contributed by atoms with Gasteiger partial charge in [0, 0.05) is 19.4 Å². The average molecular weight is 220 g/mol. The first-order valence-electron chi connectivity index (χ1n) is 5.86. The summed E-state index contributed by atoms with van der Waals surface area (Å²) in [6, 6.07) is 2.31. The smallest absolute Gasteiger partial charge is 0.150 e. The number of aromatic nitrogens is 3. The van der Waals surface area contributed by atoms with Crippen LogP contribution in [0.4, 0.5) is 0 Å². The second kappa shape index (κ2) is 5.11. The number of rotatable bonds is 5. The molecule has 0 amide bonds. The lowest BCUT2D eigenvalue weighted by Crippen LogP contribution is -2.14. The molecule has 1 aromatic rings. The van der Waals surface area contributed by atoms with E-state index in [0.29, 0.717) is 0 Å². The molecule has 0 N–H and O–H groups in total. The molecule has 0 aromatic carbocycles. The molecule has 1 heterocycles. The molecule has 16 heavy (non-hydrogen) atoms. The Hall–Kier alpha value is -1.37. The molecule has 0 aliphatic carbocycles. The molecular weight excluding hydrogens is 200 g/mol. The molecule has 0 saturated heterocycles. The summed E-state index contributed by atoms with van der Waals surface area (Å²) in [5, 5.41) is 13.4. The highest BCUT2D eigenvalue weighted by atomic mass is 15.3. The van der Waals surface area contributed by atoms with Crippen molar-refractivity contribution in [3.05, 3.63) is 11.6 Å². The Morgan fingerprint density at radius 3 is 2.50 bits per heavy atom. The maximum Gasteiger partial charge on any atom is 0.150 e. The summed E-state index contributed by atoms with van der Waals surface area (Å²) < 4.78 is 1.94. The Balaban J connectivity index is 2.74. The summed E-state index contributed by atoms with van der Waals surface area (Å²) >= 11 is 0.